The number of hydrogen-bond acceptors (Lipinski definition) is 3. The van der Waals surface area contributed by atoms with E-state index in [9.17, 15) is 4.79 Å². The number of amides is 1. The fourth-order valence-corrected chi connectivity index (χ4v) is 2.74. The standard InChI is InChI=1S/C16H25N3O/c1-12(2)10-19(11-14-6-4-9-18-14)16(20)15-7-5-8-17-13(15)3/h5,7-8,12,14,18H,4,6,9-11H2,1-3H3. The third kappa shape index (κ3) is 3.79. The Kier molecular flexibility index (Phi) is 5.12. The summed E-state index contributed by atoms with van der Waals surface area (Å²) in [6.07, 6.45) is 4.10. The van der Waals surface area contributed by atoms with Gasteiger partial charge in [-0.05, 0) is 44.4 Å². The van der Waals surface area contributed by atoms with E-state index >= 15 is 0 Å². The summed E-state index contributed by atoms with van der Waals surface area (Å²) >= 11 is 0. The first kappa shape index (κ1) is 15.0. The van der Waals surface area contributed by atoms with Crippen molar-refractivity contribution in [2.24, 2.45) is 5.92 Å². The molecule has 0 saturated carbocycles. The molecule has 0 radical (unpaired) electrons. The molecule has 1 saturated heterocycles. The molecule has 0 spiro atoms. The van der Waals surface area contributed by atoms with Gasteiger partial charge in [-0.25, -0.2) is 0 Å². The average Bonchev–Trinajstić information content (AvgIpc) is 2.90. The third-order valence-corrected chi connectivity index (χ3v) is 3.71. The lowest BCUT2D eigenvalue weighted by molar-refractivity contribution is 0.0720. The Balaban J connectivity index is 2.12. The highest BCUT2D eigenvalue weighted by molar-refractivity contribution is 5.95. The fraction of sp³-hybridized carbons (Fsp3) is 0.625. The Labute approximate surface area is 121 Å². The summed E-state index contributed by atoms with van der Waals surface area (Å²) in [5.41, 5.74) is 1.54. The predicted molar refractivity (Wildman–Crippen MR) is 80.7 cm³/mol. The maximum absolute atomic E-state index is 12.7. The lowest BCUT2D eigenvalue weighted by Crippen LogP contribution is -2.43. The van der Waals surface area contributed by atoms with E-state index in [1.165, 1.54) is 6.42 Å². The van der Waals surface area contributed by atoms with E-state index in [0.29, 0.717) is 12.0 Å². The molecule has 1 aromatic heterocycles. The molecule has 1 aliphatic heterocycles. The van der Waals surface area contributed by atoms with Crippen molar-refractivity contribution in [1.29, 1.82) is 0 Å². The van der Waals surface area contributed by atoms with E-state index in [4.69, 9.17) is 0 Å². The van der Waals surface area contributed by atoms with Crippen LogP contribution in [-0.2, 0) is 0 Å². The number of rotatable bonds is 5. The van der Waals surface area contributed by atoms with Crippen LogP contribution in [0, 0.1) is 12.8 Å². The first-order valence-corrected chi connectivity index (χ1v) is 7.52. The SMILES string of the molecule is Cc1ncccc1C(=O)N(CC(C)C)CC1CCCN1. The van der Waals surface area contributed by atoms with Gasteiger partial charge in [-0.2, -0.15) is 0 Å². The molecule has 2 heterocycles. The van der Waals surface area contributed by atoms with E-state index in [-0.39, 0.29) is 5.91 Å². The van der Waals surface area contributed by atoms with Crippen molar-refractivity contribution in [1.82, 2.24) is 15.2 Å². The van der Waals surface area contributed by atoms with E-state index in [0.717, 1.165) is 37.3 Å². The van der Waals surface area contributed by atoms with E-state index in [2.05, 4.69) is 24.1 Å². The number of carbonyl (C=O) groups excluding carboxylic acids is 1. The minimum absolute atomic E-state index is 0.109. The molecule has 1 atom stereocenters. The Bertz CT molecular complexity index is 453. The second kappa shape index (κ2) is 6.84. The zero-order chi connectivity index (χ0) is 14.5. The molecule has 1 fully saturated rings. The van der Waals surface area contributed by atoms with Crippen molar-refractivity contribution >= 4 is 5.91 Å². The van der Waals surface area contributed by atoms with Gasteiger partial charge in [-0.1, -0.05) is 13.8 Å². The summed E-state index contributed by atoms with van der Waals surface area (Å²) in [6.45, 7) is 8.86. The van der Waals surface area contributed by atoms with Crippen LogP contribution in [0.5, 0.6) is 0 Å². The molecule has 4 nitrogen and oxygen atoms in total. The van der Waals surface area contributed by atoms with Crippen LogP contribution in [0.3, 0.4) is 0 Å². The summed E-state index contributed by atoms with van der Waals surface area (Å²) in [4.78, 5) is 19.0. The summed E-state index contributed by atoms with van der Waals surface area (Å²) in [5.74, 6) is 0.579. The molecule has 1 unspecified atom stereocenters. The highest BCUT2D eigenvalue weighted by Crippen LogP contribution is 2.14. The first-order valence-electron chi connectivity index (χ1n) is 7.52. The largest absolute Gasteiger partial charge is 0.337 e. The second-order valence-electron chi connectivity index (χ2n) is 6.03. The molecule has 1 N–H and O–H groups in total. The highest BCUT2D eigenvalue weighted by Gasteiger charge is 2.24. The molecule has 20 heavy (non-hydrogen) atoms. The molecular formula is C16H25N3O. The zero-order valence-corrected chi connectivity index (χ0v) is 12.7. The number of pyridine rings is 1. The van der Waals surface area contributed by atoms with Gasteiger partial charge in [0.15, 0.2) is 0 Å². The van der Waals surface area contributed by atoms with Crippen LogP contribution in [0.25, 0.3) is 0 Å². The molecule has 1 amide bonds. The molecule has 0 bridgehead atoms. The predicted octanol–water partition coefficient (Wildman–Crippen LogP) is 2.24. The topological polar surface area (TPSA) is 45.2 Å². The first-order chi connectivity index (χ1) is 9.58. The normalized spacial score (nSPS) is 18.5. The highest BCUT2D eigenvalue weighted by atomic mass is 16.2. The fourth-order valence-electron chi connectivity index (χ4n) is 2.74. The maximum atomic E-state index is 12.7. The van der Waals surface area contributed by atoms with Gasteiger partial charge in [0, 0.05) is 31.0 Å². The lowest BCUT2D eigenvalue weighted by atomic mass is 10.1. The molecule has 1 aromatic rings. The van der Waals surface area contributed by atoms with Gasteiger partial charge in [0.05, 0.1) is 5.56 Å². The number of nitrogens with zero attached hydrogens (tertiary/aromatic N) is 2. The Hall–Kier alpha value is -1.42. The van der Waals surface area contributed by atoms with Gasteiger partial charge in [-0.3, -0.25) is 9.78 Å². The van der Waals surface area contributed by atoms with Crippen molar-refractivity contribution in [2.75, 3.05) is 19.6 Å². The van der Waals surface area contributed by atoms with Crippen LogP contribution >= 0.6 is 0 Å². The molecule has 110 valence electrons. The smallest absolute Gasteiger partial charge is 0.255 e. The van der Waals surface area contributed by atoms with Gasteiger partial charge >= 0.3 is 0 Å². The molecular weight excluding hydrogens is 250 g/mol. The van der Waals surface area contributed by atoms with Gasteiger partial charge in [0.25, 0.3) is 5.91 Å². The molecule has 0 aromatic carbocycles. The number of aryl methyl sites for hydroxylation is 1. The van der Waals surface area contributed by atoms with Crippen molar-refractivity contribution in [3.8, 4) is 0 Å². The number of nitrogens with one attached hydrogen (secondary N) is 1. The van der Waals surface area contributed by atoms with Crippen LogP contribution in [-0.4, -0.2) is 41.5 Å². The molecule has 1 aliphatic rings. The third-order valence-electron chi connectivity index (χ3n) is 3.71. The molecule has 2 rings (SSSR count). The molecule has 4 heteroatoms. The van der Waals surface area contributed by atoms with Gasteiger partial charge in [0.2, 0.25) is 0 Å². The monoisotopic (exact) mass is 275 g/mol. The van der Waals surface area contributed by atoms with Gasteiger partial charge in [0.1, 0.15) is 0 Å². The summed E-state index contributed by atoms with van der Waals surface area (Å²) < 4.78 is 0. The Morgan fingerprint density at radius 3 is 2.95 bits per heavy atom. The van der Waals surface area contributed by atoms with Crippen LogP contribution in [0.1, 0.15) is 42.7 Å². The Morgan fingerprint density at radius 2 is 2.35 bits per heavy atom. The summed E-state index contributed by atoms with van der Waals surface area (Å²) in [5, 5.41) is 3.47. The van der Waals surface area contributed by atoms with Crippen molar-refractivity contribution in [3.05, 3.63) is 29.6 Å². The van der Waals surface area contributed by atoms with Crippen LogP contribution in [0.4, 0.5) is 0 Å². The van der Waals surface area contributed by atoms with E-state index in [1.807, 2.05) is 24.0 Å². The average molecular weight is 275 g/mol. The summed E-state index contributed by atoms with van der Waals surface area (Å²) in [7, 11) is 0. The van der Waals surface area contributed by atoms with E-state index in [1.54, 1.807) is 6.20 Å². The van der Waals surface area contributed by atoms with Crippen molar-refractivity contribution in [3.63, 3.8) is 0 Å². The minimum Gasteiger partial charge on any atom is -0.337 e. The lowest BCUT2D eigenvalue weighted by Gasteiger charge is -2.28. The van der Waals surface area contributed by atoms with Gasteiger partial charge in [-0.15, -0.1) is 0 Å². The number of hydrogen-bond donors (Lipinski definition) is 1. The van der Waals surface area contributed by atoms with E-state index < -0.39 is 0 Å². The van der Waals surface area contributed by atoms with Crippen molar-refractivity contribution in [2.45, 2.75) is 39.7 Å². The quantitative estimate of drug-likeness (QED) is 0.896. The van der Waals surface area contributed by atoms with Crippen LogP contribution in [0.2, 0.25) is 0 Å². The van der Waals surface area contributed by atoms with Crippen LogP contribution in [0.15, 0.2) is 18.3 Å². The van der Waals surface area contributed by atoms with Crippen molar-refractivity contribution < 1.29 is 4.79 Å². The minimum atomic E-state index is 0.109. The van der Waals surface area contributed by atoms with Crippen LogP contribution < -0.4 is 5.32 Å². The zero-order valence-electron chi connectivity index (χ0n) is 12.7. The summed E-state index contributed by atoms with van der Waals surface area (Å²) in [6, 6.07) is 4.15. The second-order valence-corrected chi connectivity index (χ2v) is 6.03. The molecule has 0 aliphatic carbocycles. The number of carbonyl (C=O) groups is 1. The number of aromatic nitrogens is 1. The maximum Gasteiger partial charge on any atom is 0.255 e. The van der Waals surface area contributed by atoms with Gasteiger partial charge < -0.3 is 10.2 Å². The Morgan fingerprint density at radius 1 is 1.55 bits per heavy atom.